The maximum atomic E-state index is 12.8. The lowest BCUT2D eigenvalue weighted by molar-refractivity contribution is 0.102. The van der Waals surface area contributed by atoms with Gasteiger partial charge in [0.1, 0.15) is 5.82 Å². The highest BCUT2D eigenvalue weighted by Gasteiger charge is 2.23. The number of anilines is 2. The van der Waals surface area contributed by atoms with E-state index in [4.69, 9.17) is 11.6 Å². The lowest BCUT2D eigenvalue weighted by atomic mass is 10.1. The van der Waals surface area contributed by atoms with E-state index in [-0.39, 0.29) is 29.9 Å². The van der Waals surface area contributed by atoms with Crippen molar-refractivity contribution in [3.8, 4) is 0 Å². The number of aromatic nitrogens is 1. The van der Waals surface area contributed by atoms with Crippen molar-refractivity contribution in [2.75, 3.05) is 36.8 Å². The van der Waals surface area contributed by atoms with Gasteiger partial charge in [0.05, 0.1) is 11.3 Å². The minimum absolute atomic E-state index is 0. The molecular formula is C21H27Cl2N5O2. The Morgan fingerprint density at radius 2 is 1.77 bits per heavy atom. The van der Waals surface area contributed by atoms with Crippen molar-refractivity contribution in [1.29, 1.82) is 0 Å². The van der Waals surface area contributed by atoms with Gasteiger partial charge in [0.15, 0.2) is 0 Å². The van der Waals surface area contributed by atoms with Crippen LogP contribution in [-0.2, 0) is 0 Å². The van der Waals surface area contributed by atoms with E-state index in [9.17, 15) is 9.59 Å². The molecule has 7 nitrogen and oxygen atoms in total. The molecule has 9 heteroatoms. The summed E-state index contributed by atoms with van der Waals surface area (Å²) >= 11 is 6.09. The van der Waals surface area contributed by atoms with Gasteiger partial charge in [-0.05, 0) is 50.6 Å². The van der Waals surface area contributed by atoms with E-state index in [1.807, 2.05) is 13.0 Å². The number of rotatable bonds is 4. The number of amides is 3. The first-order valence-electron chi connectivity index (χ1n) is 9.67. The van der Waals surface area contributed by atoms with Gasteiger partial charge in [-0.1, -0.05) is 17.7 Å². The number of hydrogen-bond acceptors (Lipinski definition) is 4. The number of pyridine rings is 1. The Morgan fingerprint density at radius 1 is 1.07 bits per heavy atom. The smallest absolute Gasteiger partial charge is 0.321 e. The van der Waals surface area contributed by atoms with Crippen molar-refractivity contribution in [1.82, 2.24) is 14.8 Å². The fraction of sp³-hybridized carbons (Fsp3) is 0.381. The van der Waals surface area contributed by atoms with Gasteiger partial charge in [0.2, 0.25) is 0 Å². The first kappa shape index (κ1) is 23.9. The zero-order valence-corrected chi connectivity index (χ0v) is 18.9. The first-order chi connectivity index (χ1) is 13.8. The number of nitrogens with zero attached hydrogens (tertiary/aromatic N) is 3. The van der Waals surface area contributed by atoms with Crippen molar-refractivity contribution in [3.05, 3.63) is 52.7 Å². The highest BCUT2D eigenvalue weighted by Crippen LogP contribution is 2.23. The predicted molar refractivity (Wildman–Crippen MR) is 123 cm³/mol. The standard InChI is InChI=1S/C21H26ClN5O2.ClH/c1-14(2)26-8-10-27(11-9-26)21(29)24-18-6-5-16(22)12-17(18)20(28)25-19-7-4-15(3)13-23-19;/h4-7,12-14H,8-11H2,1-3H3,(H,24,29)(H,23,25,28);1H. The molecule has 0 spiro atoms. The number of piperazine rings is 1. The van der Waals surface area contributed by atoms with Crippen LogP contribution in [0.5, 0.6) is 0 Å². The van der Waals surface area contributed by atoms with Gasteiger partial charge in [-0.25, -0.2) is 9.78 Å². The molecule has 162 valence electrons. The average Bonchev–Trinajstić information content (AvgIpc) is 2.71. The van der Waals surface area contributed by atoms with E-state index in [0.717, 1.165) is 18.7 Å². The highest BCUT2D eigenvalue weighted by atomic mass is 35.5. The molecule has 2 heterocycles. The summed E-state index contributed by atoms with van der Waals surface area (Å²) < 4.78 is 0. The fourth-order valence-corrected chi connectivity index (χ4v) is 3.35. The summed E-state index contributed by atoms with van der Waals surface area (Å²) in [6.45, 7) is 9.17. The van der Waals surface area contributed by atoms with E-state index in [0.29, 0.717) is 35.7 Å². The molecule has 1 fully saturated rings. The zero-order valence-electron chi connectivity index (χ0n) is 17.3. The minimum atomic E-state index is -0.385. The molecule has 0 unspecified atom stereocenters. The highest BCUT2D eigenvalue weighted by molar-refractivity contribution is 6.31. The van der Waals surface area contributed by atoms with E-state index in [1.54, 1.807) is 29.3 Å². The summed E-state index contributed by atoms with van der Waals surface area (Å²) in [5, 5.41) is 6.01. The number of halogens is 2. The van der Waals surface area contributed by atoms with E-state index in [2.05, 4.69) is 34.4 Å². The lowest BCUT2D eigenvalue weighted by Gasteiger charge is -2.36. The Kier molecular flexibility index (Phi) is 8.46. The number of nitrogens with one attached hydrogen (secondary N) is 2. The third kappa shape index (κ3) is 6.08. The zero-order chi connectivity index (χ0) is 21.0. The molecule has 0 saturated carbocycles. The third-order valence-corrected chi connectivity index (χ3v) is 5.19. The summed E-state index contributed by atoms with van der Waals surface area (Å²) in [4.78, 5) is 33.8. The molecular weight excluding hydrogens is 425 g/mol. The SMILES string of the molecule is Cc1ccc(NC(=O)c2cc(Cl)ccc2NC(=O)N2CCN(C(C)C)CC2)nc1.Cl. The van der Waals surface area contributed by atoms with Crippen LogP contribution < -0.4 is 10.6 Å². The molecule has 0 aliphatic carbocycles. The summed E-state index contributed by atoms with van der Waals surface area (Å²) in [5.41, 5.74) is 1.70. The van der Waals surface area contributed by atoms with Crippen LogP contribution in [0.2, 0.25) is 5.02 Å². The van der Waals surface area contributed by atoms with Crippen LogP contribution in [0.3, 0.4) is 0 Å². The van der Waals surface area contributed by atoms with Crippen LogP contribution in [0.1, 0.15) is 29.8 Å². The van der Waals surface area contributed by atoms with E-state index >= 15 is 0 Å². The van der Waals surface area contributed by atoms with Crippen LogP contribution in [0.25, 0.3) is 0 Å². The average molecular weight is 452 g/mol. The Balaban J connectivity index is 0.00000320. The van der Waals surface area contributed by atoms with Gasteiger partial charge >= 0.3 is 6.03 Å². The van der Waals surface area contributed by atoms with Crippen LogP contribution in [0, 0.1) is 6.92 Å². The number of hydrogen-bond donors (Lipinski definition) is 2. The molecule has 0 atom stereocenters. The van der Waals surface area contributed by atoms with Crippen molar-refractivity contribution in [3.63, 3.8) is 0 Å². The Morgan fingerprint density at radius 3 is 2.37 bits per heavy atom. The van der Waals surface area contributed by atoms with Gasteiger partial charge in [-0.15, -0.1) is 12.4 Å². The first-order valence-corrected chi connectivity index (χ1v) is 10.0. The number of carbonyl (C=O) groups excluding carboxylic acids is 2. The van der Waals surface area contributed by atoms with Crippen molar-refractivity contribution in [2.24, 2.45) is 0 Å². The Labute approximate surface area is 188 Å². The quantitative estimate of drug-likeness (QED) is 0.726. The molecule has 0 radical (unpaired) electrons. The minimum Gasteiger partial charge on any atom is -0.322 e. The summed E-state index contributed by atoms with van der Waals surface area (Å²) in [6, 6.07) is 8.65. The van der Waals surface area contributed by atoms with Crippen molar-refractivity contribution < 1.29 is 9.59 Å². The number of benzene rings is 1. The molecule has 3 amide bonds. The number of carbonyl (C=O) groups is 2. The molecule has 1 aliphatic heterocycles. The second-order valence-corrected chi connectivity index (χ2v) is 7.85. The molecule has 1 saturated heterocycles. The summed E-state index contributed by atoms with van der Waals surface area (Å²) in [6.07, 6.45) is 1.67. The largest absolute Gasteiger partial charge is 0.322 e. The molecule has 1 aromatic carbocycles. The van der Waals surface area contributed by atoms with Crippen LogP contribution in [-0.4, -0.2) is 58.9 Å². The monoisotopic (exact) mass is 451 g/mol. The Bertz CT molecular complexity index is 881. The third-order valence-electron chi connectivity index (χ3n) is 4.95. The van der Waals surface area contributed by atoms with Crippen molar-refractivity contribution in [2.45, 2.75) is 26.8 Å². The van der Waals surface area contributed by atoms with Gasteiger partial charge in [0, 0.05) is 43.4 Å². The van der Waals surface area contributed by atoms with Crippen LogP contribution in [0.15, 0.2) is 36.5 Å². The molecule has 2 aromatic rings. The predicted octanol–water partition coefficient (Wildman–Crippen LogP) is 4.28. The molecule has 1 aromatic heterocycles. The van der Waals surface area contributed by atoms with Crippen molar-refractivity contribution >= 4 is 47.5 Å². The summed E-state index contributed by atoms with van der Waals surface area (Å²) in [7, 11) is 0. The Hall–Kier alpha value is -2.35. The summed E-state index contributed by atoms with van der Waals surface area (Å²) in [5.74, 6) is 0.0476. The fourth-order valence-electron chi connectivity index (χ4n) is 3.17. The number of urea groups is 1. The lowest BCUT2D eigenvalue weighted by Crippen LogP contribution is -2.51. The molecule has 2 N–H and O–H groups in total. The second-order valence-electron chi connectivity index (χ2n) is 7.41. The van der Waals surface area contributed by atoms with Crippen LogP contribution >= 0.6 is 24.0 Å². The van der Waals surface area contributed by atoms with Gasteiger partial charge < -0.3 is 15.5 Å². The van der Waals surface area contributed by atoms with Gasteiger partial charge in [-0.3, -0.25) is 9.69 Å². The second kappa shape index (κ2) is 10.6. The number of aryl methyl sites for hydroxylation is 1. The van der Waals surface area contributed by atoms with E-state index in [1.165, 1.54) is 6.07 Å². The molecule has 0 bridgehead atoms. The maximum Gasteiger partial charge on any atom is 0.321 e. The van der Waals surface area contributed by atoms with Gasteiger partial charge in [0.25, 0.3) is 5.91 Å². The van der Waals surface area contributed by atoms with E-state index < -0.39 is 0 Å². The molecule has 3 rings (SSSR count). The van der Waals surface area contributed by atoms with Gasteiger partial charge in [-0.2, -0.15) is 0 Å². The normalized spacial score (nSPS) is 14.2. The molecule has 1 aliphatic rings. The topological polar surface area (TPSA) is 77.6 Å². The van der Waals surface area contributed by atoms with Crippen LogP contribution in [0.4, 0.5) is 16.3 Å². The molecule has 30 heavy (non-hydrogen) atoms. The maximum absolute atomic E-state index is 12.8.